The molecule has 1 fully saturated rings. The van der Waals surface area contributed by atoms with Crippen molar-refractivity contribution in [1.29, 1.82) is 0 Å². The van der Waals surface area contributed by atoms with Gasteiger partial charge in [0.05, 0.1) is 11.2 Å². The van der Waals surface area contributed by atoms with Crippen LogP contribution in [-0.2, 0) is 9.31 Å². The maximum atomic E-state index is 6.27. The van der Waals surface area contributed by atoms with Gasteiger partial charge in [-0.25, -0.2) is 19.9 Å². The molecular formula is C88H68BClN6O2P-. The molecule has 14 aromatic carbocycles. The third kappa shape index (κ3) is 14.5. The van der Waals surface area contributed by atoms with Gasteiger partial charge in [0.2, 0.25) is 5.28 Å². The summed E-state index contributed by atoms with van der Waals surface area (Å²) in [6.45, 7) is 8.36. The fourth-order valence-electron chi connectivity index (χ4n) is 12.3. The van der Waals surface area contributed by atoms with Crippen molar-refractivity contribution < 1.29 is 9.31 Å². The Labute approximate surface area is 585 Å². The first kappa shape index (κ1) is 65.1. The molecule has 0 N–H and O–H groups in total. The highest BCUT2D eigenvalue weighted by Gasteiger charge is 2.51. The molecular weight excluding hydrogens is 1250 g/mol. The van der Waals surface area contributed by atoms with Gasteiger partial charge in [-0.15, -0.1) is 0 Å². The molecule has 11 heteroatoms. The van der Waals surface area contributed by atoms with Gasteiger partial charge in [-0.1, -0.05) is 285 Å². The van der Waals surface area contributed by atoms with Crippen molar-refractivity contribution in [2.24, 2.45) is 0 Å². The average molecular weight is 1320 g/mol. The zero-order valence-corrected chi connectivity index (χ0v) is 57.1. The third-order valence-electron chi connectivity index (χ3n) is 18.4. The van der Waals surface area contributed by atoms with E-state index < -0.39 is 0 Å². The van der Waals surface area contributed by atoms with Crippen LogP contribution in [-0.4, -0.2) is 48.2 Å². The molecule has 1 aliphatic heterocycles. The molecule has 1 aliphatic rings. The Hall–Kier alpha value is -11.2. The minimum Gasteiger partial charge on any atom is -0.577 e. The summed E-state index contributed by atoms with van der Waals surface area (Å²) >= 11 is 5.99. The molecule has 0 saturated carbocycles. The van der Waals surface area contributed by atoms with Crippen molar-refractivity contribution >= 4 is 77.2 Å². The molecule has 0 unspecified atom stereocenters. The van der Waals surface area contributed by atoms with Crippen LogP contribution in [0.5, 0.6) is 0 Å². The summed E-state index contributed by atoms with van der Waals surface area (Å²) in [7, 11) is -0.357. The van der Waals surface area contributed by atoms with Crippen LogP contribution in [0.4, 0.5) is 0 Å². The van der Waals surface area contributed by atoms with E-state index in [9.17, 15) is 0 Å². The van der Waals surface area contributed by atoms with E-state index in [4.69, 9.17) is 35.9 Å². The second-order valence-electron chi connectivity index (χ2n) is 25.5. The van der Waals surface area contributed by atoms with Gasteiger partial charge in [-0.2, -0.15) is 9.97 Å². The van der Waals surface area contributed by atoms with E-state index in [2.05, 4.69) is 249 Å². The maximum absolute atomic E-state index is 6.27. The predicted molar refractivity (Wildman–Crippen MR) is 415 cm³/mol. The molecule has 0 aliphatic carbocycles. The largest absolute Gasteiger partial charge is 0.577 e. The van der Waals surface area contributed by atoms with Crippen LogP contribution < -0.4 is 5.46 Å². The smallest absolute Gasteiger partial charge is 0.494 e. The zero-order chi connectivity index (χ0) is 66.6. The van der Waals surface area contributed by atoms with Crippen molar-refractivity contribution in [2.75, 3.05) is 0 Å². The lowest BCUT2D eigenvalue weighted by Gasteiger charge is -2.32. The Balaban J connectivity index is 0.000000136. The maximum Gasteiger partial charge on any atom is 0.494 e. The van der Waals surface area contributed by atoms with E-state index in [0.29, 0.717) is 29.1 Å². The monoisotopic (exact) mass is 1320 g/mol. The van der Waals surface area contributed by atoms with Crippen LogP contribution in [0.2, 0.25) is 5.28 Å². The predicted octanol–water partition coefficient (Wildman–Crippen LogP) is 22.3. The summed E-state index contributed by atoms with van der Waals surface area (Å²) in [5, 5.41) is 10.1. The number of hydrogen-bond donors (Lipinski definition) is 0. The van der Waals surface area contributed by atoms with Gasteiger partial charge in [0.1, 0.15) is 0 Å². The van der Waals surface area contributed by atoms with Crippen LogP contribution in [0, 0.1) is 0 Å². The third-order valence-corrected chi connectivity index (χ3v) is 18.6. The first-order chi connectivity index (χ1) is 47.9. The van der Waals surface area contributed by atoms with E-state index in [0.717, 1.165) is 50.0 Å². The fraction of sp³-hybridized carbons (Fsp3) is 0.0682. The van der Waals surface area contributed by atoms with E-state index in [1.54, 1.807) is 0 Å². The van der Waals surface area contributed by atoms with Crippen LogP contribution >= 0.6 is 21.5 Å². The van der Waals surface area contributed by atoms with Crippen molar-refractivity contribution in [2.45, 2.75) is 38.9 Å². The topological polar surface area (TPSA) is 95.8 Å². The molecule has 0 spiro atoms. The van der Waals surface area contributed by atoms with Gasteiger partial charge in [-0.3, -0.25) is 0 Å². The first-order valence-electron chi connectivity index (χ1n) is 32.9. The number of nitrogens with zero attached hydrogens (tertiary/aromatic N) is 6. The lowest BCUT2D eigenvalue weighted by molar-refractivity contribution is 0.00578. The Morgan fingerprint density at radius 1 is 0.232 bits per heavy atom. The number of rotatable bonds is 10. The molecule has 0 bridgehead atoms. The quantitative estimate of drug-likeness (QED) is 0.0987. The van der Waals surface area contributed by atoms with E-state index in [1.807, 2.05) is 121 Å². The molecule has 1 saturated heterocycles. The summed E-state index contributed by atoms with van der Waals surface area (Å²) in [5.41, 5.74) is 14.6. The van der Waals surface area contributed by atoms with Gasteiger partial charge >= 0.3 is 7.12 Å². The highest BCUT2D eigenvalue weighted by molar-refractivity contribution is 6.92. The first-order valence-corrected chi connectivity index (χ1v) is 33.3. The minimum absolute atomic E-state index is 0. The van der Waals surface area contributed by atoms with Crippen molar-refractivity contribution in [1.82, 2.24) is 29.9 Å². The molecule has 0 radical (unpaired) electrons. The summed E-state index contributed by atoms with van der Waals surface area (Å²) in [6.07, 6.45) is 0. The summed E-state index contributed by atoms with van der Waals surface area (Å²) < 4.78 is 12.5. The van der Waals surface area contributed by atoms with E-state index in [1.165, 1.54) is 70.9 Å². The molecule has 3 heterocycles. The van der Waals surface area contributed by atoms with Crippen LogP contribution in [0.1, 0.15) is 27.7 Å². The minimum atomic E-state index is -0.357. The Kier molecular flexibility index (Phi) is 18.8. The number of benzene rings is 14. The van der Waals surface area contributed by atoms with Crippen molar-refractivity contribution in [3.8, 4) is 101 Å². The Morgan fingerprint density at radius 2 is 0.475 bits per heavy atom. The standard InChI is InChI=1S/C41H27N3.C32H29BO2.C15H10ClN3.H2P/c1-3-11-29(12-4-1)39-42-40(30-13-5-2-6-14-30)44-41(43-39)38-17-9-16-32(27-38)33-20-21-37-26-36(23-22-35(37)25-33)34-19-18-28-10-7-8-15-31(28)24-34;1-31(2)32(3,4)35-33(34-31)30-11-7-10-24(21-30)25-14-15-29-20-28(17-16-27(29)19-25)26-13-12-22-8-5-6-9-23(22)18-26;16-15-18-13(11-7-3-1-4-8-11)17-14(19-15)12-9-5-2-6-10-12;/h1-27H;5-21H,1-4H3;1-10H;1H2/q;;;-1. The normalized spacial score (nSPS) is 12.9. The zero-order valence-electron chi connectivity index (χ0n) is 55.2. The molecule has 16 aromatic rings. The van der Waals surface area contributed by atoms with E-state index >= 15 is 0 Å². The van der Waals surface area contributed by atoms with Crippen LogP contribution in [0.15, 0.2) is 328 Å². The number of fused-ring (bicyclic) bond motifs is 4. The van der Waals surface area contributed by atoms with Gasteiger partial charge < -0.3 is 19.2 Å². The number of hydrogen-bond acceptors (Lipinski definition) is 8. The van der Waals surface area contributed by atoms with Crippen LogP contribution in [0.3, 0.4) is 0 Å². The van der Waals surface area contributed by atoms with Gasteiger partial charge in [0.25, 0.3) is 0 Å². The lowest BCUT2D eigenvalue weighted by Crippen LogP contribution is -2.41. The second kappa shape index (κ2) is 28.5. The highest BCUT2D eigenvalue weighted by atomic mass is 35.5. The van der Waals surface area contributed by atoms with Gasteiger partial charge in [-0.05, 0) is 175 Å². The van der Waals surface area contributed by atoms with Crippen molar-refractivity contribution in [3.63, 3.8) is 0 Å². The molecule has 8 nitrogen and oxygen atoms in total. The Bertz CT molecular complexity index is 5440. The summed E-state index contributed by atoms with van der Waals surface area (Å²) in [6, 6.07) is 114. The van der Waals surface area contributed by atoms with Crippen LogP contribution in [0.25, 0.3) is 145 Å². The van der Waals surface area contributed by atoms with Gasteiger partial charge in [0.15, 0.2) is 29.1 Å². The van der Waals surface area contributed by atoms with Crippen molar-refractivity contribution in [3.05, 3.63) is 333 Å². The molecule has 17 rings (SSSR count). The molecule has 2 aromatic heterocycles. The lowest BCUT2D eigenvalue weighted by atomic mass is 9.78. The molecule has 99 heavy (non-hydrogen) atoms. The summed E-state index contributed by atoms with van der Waals surface area (Å²) in [5.74, 6) is 3.14. The SMILES string of the molecule is CC1(C)OB(c2cccc(-c3ccc4cc(-c5ccc6ccccc6c5)ccc4c3)c2)OC1(C)C.Clc1nc(-c2ccccc2)nc(-c2ccccc2)n1.[PH2-].c1ccc(-c2nc(-c3ccccc3)nc(-c3cccc(-c4ccc5cc(-c6ccc7ccccc7c6)ccc5c4)c3)n2)cc1. The Morgan fingerprint density at radius 3 is 0.828 bits per heavy atom. The van der Waals surface area contributed by atoms with E-state index in [-0.39, 0.29) is 33.5 Å². The second-order valence-corrected chi connectivity index (χ2v) is 25.8. The molecule has 478 valence electrons. The number of halogens is 1. The fourth-order valence-corrected chi connectivity index (χ4v) is 12.5. The highest BCUT2D eigenvalue weighted by Crippen LogP contribution is 2.38. The average Bonchev–Trinajstić information content (AvgIpc) is 1.53. The van der Waals surface area contributed by atoms with Gasteiger partial charge in [0, 0.05) is 27.8 Å². The summed E-state index contributed by atoms with van der Waals surface area (Å²) in [4.78, 5) is 27.5. The molecule has 0 atom stereocenters. The molecule has 0 amide bonds. The number of aromatic nitrogens is 6.